The number of furan rings is 1. The van der Waals surface area contributed by atoms with E-state index in [-0.39, 0.29) is 6.04 Å². The number of hydrogen-bond acceptors (Lipinski definition) is 4. The Bertz CT molecular complexity index is 756. The highest BCUT2D eigenvalue weighted by Gasteiger charge is 2.20. The molecule has 0 aliphatic heterocycles. The molecule has 1 unspecified atom stereocenters. The summed E-state index contributed by atoms with van der Waals surface area (Å²) in [5, 5.41) is 5.44. The van der Waals surface area contributed by atoms with Crippen LogP contribution in [0.25, 0.3) is 11.0 Å². The van der Waals surface area contributed by atoms with Crippen molar-refractivity contribution in [3.05, 3.63) is 53.0 Å². The lowest BCUT2D eigenvalue weighted by molar-refractivity contribution is 0.458. The Labute approximate surface area is 117 Å². The van der Waals surface area contributed by atoms with Crippen molar-refractivity contribution >= 4 is 11.0 Å². The zero-order valence-corrected chi connectivity index (χ0v) is 11.8. The minimum Gasteiger partial charge on any atom is -0.459 e. The normalized spacial score (nSPS) is 13.0. The zero-order valence-electron chi connectivity index (χ0n) is 11.8. The van der Waals surface area contributed by atoms with Crippen molar-refractivity contribution in [3.8, 4) is 0 Å². The van der Waals surface area contributed by atoms with Gasteiger partial charge in [-0.2, -0.15) is 5.10 Å². The Hall–Kier alpha value is -2.11. The second kappa shape index (κ2) is 4.77. The molecule has 0 spiro atoms. The molecule has 0 aliphatic carbocycles. The van der Waals surface area contributed by atoms with Crippen LogP contribution < -0.4 is 11.3 Å². The fourth-order valence-electron chi connectivity index (χ4n) is 2.54. The van der Waals surface area contributed by atoms with E-state index in [9.17, 15) is 0 Å². The number of nitrogens with two attached hydrogens (primary N) is 1. The maximum absolute atomic E-state index is 5.91. The van der Waals surface area contributed by atoms with Crippen LogP contribution in [0.1, 0.15) is 28.8 Å². The number of rotatable bonds is 3. The van der Waals surface area contributed by atoms with E-state index in [0.717, 1.165) is 28.1 Å². The first-order valence-electron chi connectivity index (χ1n) is 6.55. The molecule has 104 valence electrons. The molecule has 3 rings (SSSR count). The number of aryl methyl sites for hydroxylation is 3. The first-order valence-corrected chi connectivity index (χ1v) is 6.55. The molecule has 20 heavy (non-hydrogen) atoms. The standard InChI is InChI=1S/C15H18N4O/c1-9-4-5-13-11(6-9)8-14(20-13)15(17-16)12-7-10(2)18-19(12)3/h4-8,15,17H,16H2,1-3H3. The van der Waals surface area contributed by atoms with Crippen LogP contribution in [0.5, 0.6) is 0 Å². The average Bonchev–Trinajstić information content (AvgIpc) is 2.94. The topological polar surface area (TPSA) is 69.0 Å². The van der Waals surface area contributed by atoms with Crippen molar-refractivity contribution in [2.45, 2.75) is 19.9 Å². The fraction of sp³-hybridized carbons (Fsp3) is 0.267. The molecule has 0 radical (unpaired) electrons. The molecule has 0 bridgehead atoms. The van der Waals surface area contributed by atoms with Crippen molar-refractivity contribution in [1.82, 2.24) is 15.2 Å². The van der Waals surface area contributed by atoms with Crippen molar-refractivity contribution in [2.24, 2.45) is 12.9 Å². The quantitative estimate of drug-likeness (QED) is 0.566. The lowest BCUT2D eigenvalue weighted by atomic mass is 10.1. The molecule has 0 aliphatic rings. The average molecular weight is 270 g/mol. The van der Waals surface area contributed by atoms with E-state index < -0.39 is 0 Å². The Balaban J connectivity index is 2.09. The highest BCUT2D eigenvalue weighted by molar-refractivity contribution is 5.78. The molecule has 1 aromatic carbocycles. The van der Waals surface area contributed by atoms with Gasteiger partial charge in [-0.05, 0) is 38.1 Å². The van der Waals surface area contributed by atoms with Gasteiger partial charge in [0.05, 0.1) is 11.4 Å². The Morgan fingerprint density at radius 3 is 2.70 bits per heavy atom. The zero-order chi connectivity index (χ0) is 14.3. The summed E-state index contributed by atoms with van der Waals surface area (Å²) in [6, 6.07) is 9.93. The van der Waals surface area contributed by atoms with Gasteiger partial charge in [-0.15, -0.1) is 0 Å². The highest BCUT2D eigenvalue weighted by Crippen LogP contribution is 2.28. The van der Waals surface area contributed by atoms with Crippen LogP contribution in [-0.2, 0) is 7.05 Å². The number of hydrogen-bond donors (Lipinski definition) is 2. The summed E-state index contributed by atoms with van der Waals surface area (Å²) in [5.74, 6) is 6.50. The summed E-state index contributed by atoms with van der Waals surface area (Å²) in [7, 11) is 1.90. The van der Waals surface area contributed by atoms with Crippen LogP contribution >= 0.6 is 0 Å². The summed E-state index contributed by atoms with van der Waals surface area (Å²) >= 11 is 0. The van der Waals surface area contributed by atoms with Gasteiger partial charge in [-0.25, -0.2) is 5.43 Å². The van der Waals surface area contributed by atoms with Crippen LogP contribution in [0.2, 0.25) is 0 Å². The van der Waals surface area contributed by atoms with E-state index in [2.05, 4.69) is 23.5 Å². The van der Waals surface area contributed by atoms with E-state index in [1.165, 1.54) is 5.56 Å². The molecular formula is C15H18N4O. The molecule has 0 saturated carbocycles. The van der Waals surface area contributed by atoms with Gasteiger partial charge in [0.2, 0.25) is 0 Å². The van der Waals surface area contributed by atoms with Gasteiger partial charge < -0.3 is 4.42 Å². The van der Waals surface area contributed by atoms with Crippen LogP contribution in [0.3, 0.4) is 0 Å². The fourth-order valence-corrected chi connectivity index (χ4v) is 2.54. The van der Waals surface area contributed by atoms with Gasteiger partial charge in [0.1, 0.15) is 17.4 Å². The van der Waals surface area contributed by atoms with Gasteiger partial charge >= 0.3 is 0 Å². The molecule has 3 aromatic rings. The number of aromatic nitrogens is 2. The minimum absolute atomic E-state index is 0.214. The molecule has 2 aromatic heterocycles. The van der Waals surface area contributed by atoms with Crippen molar-refractivity contribution < 1.29 is 4.42 Å². The van der Waals surface area contributed by atoms with E-state index in [0.29, 0.717) is 0 Å². The lowest BCUT2D eigenvalue weighted by Gasteiger charge is -2.13. The Kier molecular flexibility index (Phi) is 3.08. The van der Waals surface area contributed by atoms with Gasteiger partial charge in [0.15, 0.2) is 0 Å². The Morgan fingerprint density at radius 1 is 1.25 bits per heavy atom. The Morgan fingerprint density at radius 2 is 2.05 bits per heavy atom. The number of nitrogens with zero attached hydrogens (tertiary/aromatic N) is 2. The molecule has 0 fully saturated rings. The van der Waals surface area contributed by atoms with E-state index in [1.807, 2.05) is 42.9 Å². The highest BCUT2D eigenvalue weighted by atomic mass is 16.3. The number of fused-ring (bicyclic) bond motifs is 1. The largest absolute Gasteiger partial charge is 0.459 e. The monoisotopic (exact) mass is 270 g/mol. The van der Waals surface area contributed by atoms with Crippen LogP contribution in [0.15, 0.2) is 34.7 Å². The minimum atomic E-state index is -0.214. The first-order chi connectivity index (χ1) is 9.58. The maximum atomic E-state index is 5.91. The number of benzene rings is 1. The van der Waals surface area contributed by atoms with Crippen LogP contribution in [0.4, 0.5) is 0 Å². The number of nitrogens with one attached hydrogen (secondary N) is 1. The summed E-state index contributed by atoms with van der Waals surface area (Å²) in [4.78, 5) is 0. The summed E-state index contributed by atoms with van der Waals surface area (Å²) in [6.07, 6.45) is 0. The third-order valence-electron chi connectivity index (χ3n) is 3.48. The molecule has 0 amide bonds. The predicted molar refractivity (Wildman–Crippen MR) is 78.1 cm³/mol. The molecule has 5 heteroatoms. The molecule has 5 nitrogen and oxygen atoms in total. The second-order valence-corrected chi connectivity index (χ2v) is 5.12. The van der Waals surface area contributed by atoms with Gasteiger partial charge in [0, 0.05) is 12.4 Å². The molecule has 1 atom stereocenters. The summed E-state index contributed by atoms with van der Waals surface area (Å²) < 4.78 is 7.73. The molecule has 2 heterocycles. The predicted octanol–water partition coefficient (Wildman–Crippen LogP) is 2.34. The van der Waals surface area contributed by atoms with Crippen molar-refractivity contribution in [2.75, 3.05) is 0 Å². The van der Waals surface area contributed by atoms with Gasteiger partial charge in [-0.1, -0.05) is 11.6 Å². The third kappa shape index (κ3) is 2.11. The molecule has 3 N–H and O–H groups in total. The summed E-state index contributed by atoms with van der Waals surface area (Å²) in [6.45, 7) is 4.02. The van der Waals surface area contributed by atoms with Gasteiger partial charge in [-0.3, -0.25) is 10.5 Å². The SMILES string of the molecule is Cc1ccc2oc(C(NN)c3cc(C)nn3C)cc2c1. The lowest BCUT2D eigenvalue weighted by Crippen LogP contribution is -2.30. The van der Waals surface area contributed by atoms with E-state index >= 15 is 0 Å². The van der Waals surface area contributed by atoms with Crippen LogP contribution in [-0.4, -0.2) is 9.78 Å². The van der Waals surface area contributed by atoms with Crippen molar-refractivity contribution in [1.29, 1.82) is 0 Å². The van der Waals surface area contributed by atoms with Crippen molar-refractivity contribution in [3.63, 3.8) is 0 Å². The van der Waals surface area contributed by atoms with Crippen LogP contribution in [0, 0.1) is 13.8 Å². The number of hydrazine groups is 1. The first kappa shape index (κ1) is 12.9. The third-order valence-corrected chi connectivity index (χ3v) is 3.48. The second-order valence-electron chi connectivity index (χ2n) is 5.12. The maximum Gasteiger partial charge on any atom is 0.134 e. The molecule has 0 saturated heterocycles. The van der Waals surface area contributed by atoms with Gasteiger partial charge in [0.25, 0.3) is 0 Å². The summed E-state index contributed by atoms with van der Waals surface area (Å²) in [5.41, 5.74) is 6.81. The van der Waals surface area contributed by atoms with E-state index in [1.54, 1.807) is 0 Å². The molecular weight excluding hydrogens is 252 g/mol. The van der Waals surface area contributed by atoms with E-state index in [4.69, 9.17) is 10.3 Å². The smallest absolute Gasteiger partial charge is 0.134 e.